The molecule has 0 radical (unpaired) electrons. The van der Waals surface area contributed by atoms with E-state index < -0.39 is 21.3 Å². The van der Waals surface area contributed by atoms with Gasteiger partial charge in [-0.3, -0.25) is 4.79 Å². The van der Waals surface area contributed by atoms with Gasteiger partial charge >= 0.3 is 0 Å². The summed E-state index contributed by atoms with van der Waals surface area (Å²) < 4.78 is 37.9. The van der Waals surface area contributed by atoms with E-state index in [-0.39, 0.29) is 22.9 Å². The van der Waals surface area contributed by atoms with Gasteiger partial charge in [0.05, 0.1) is 5.60 Å². The van der Waals surface area contributed by atoms with Gasteiger partial charge in [-0.1, -0.05) is 0 Å². The molecule has 1 aromatic carbocycles. The van der Waals surface area contributed by atoms with E-state index in [0.29, 0.717) is 54.7 Å². The molecule has 3 unspecified atom stereocenters. The number of sulfone groups is 1. The number of nitrogens with zero attached hydrogens (tertiary/aromatic N) is 4. The fourth-order valence-corrected chi connectivity index (χ4v) is 8.26. The summed E-state index contributed by atoms with van der Waals surface area (Å²) in [5.41, 5.74) is 0.408. The summed E-state index contributed by atoms with van der Waals surface area (Å²) in [6.45, 7) is 3.71. The third-order valence-electron chi connectivity index (χ3n) is 8.98. The van der Waals surface area contributed by atoms with E-state index in [4.69, 9.17) is 0 Å². The third kappa shape index (κ3) is 4.64. The summed E-state index contributed by atoms with van der Waals surface area (Å²) in [7, 11) is -3.63. The summed E-state index contributed by atoms with van der Waals surface area (Å²) in [5.74, 6) is 0.733. The first-order valence-corrected chi connectivity index (χ1v) is 15.3. The zero-order valence-electron chi connectivity index (χ0n) is 21.7. The van der Waals surface area contributed by atoms with Gasteiger partial charge in [-0.2, -0.15) is 0 Å². The first kappa shape index (κ1) is 25.5. The maximum absolute atomic E-state index is 14.5. The van der Waals surface area contributed by atoms with E-state index >= 15 is 0 Å². The molecule has 2 heterocycles. The second-order valence-corrected chi connectivity index (χ2v) is 13.8. The van der Waals surface area contributed by atoms with Crippen LogP contribution >= 0.6 is 0 Å². The van der Waals surface area contributed by atoms with Crippen molar-refractivity contribution >= 4 is 27.4 Å². The molecule has 2 N–H and O–H groups in total. The summed E-state index contributed by atoms with van der Waals surface area (Å²) >= 11 is 0. The molecule has 1 amide bonds. The Kier molecular flexibility index (Phi) is 6.14. The standard InChI is InChI=1S/C27H34FN5O4S/c1-16-15-32(20-3-4-23(21(28)11-20)38(2,36)37)7-8-33(16)26-29-6-5-22(30-26)25(34)31-24-18-9-17-10-19(24)14-27(35,12-17)13-18/h3-6,11,16-19,24,35H,7-10,12-15H2,1-2H3,(H,31,34). The molecule has 4 aliphatic carbocycles. The van der Waals surface area contributed by atoms with Crippen molar-refractivity contribution in [1.82, 2.24) is 15.3 Å². The molecule has 0 spiro atoms. The van der Waals surface area contributed by atoms with Crippen molar-refractivity contribution in [2.75, 3.05) is 35.7 Å². The van der Waals surface area contributed by atoms with Crippen LogP contribution in [0.4, 0.5) is 16.0 Å². The minimum atomic E-state index is -3.63. The van der Waals surface area contributed by atoms with Crippen LogP contribution in [0, 0.1) is 23.6 Å². The number of hydrogen-bond donors (Lipinski definition) is 2. The van der Waals surface area contributed by atoms with Crippen molar-refractivity contribution in [1.29, 1.82) is 0 Å². The topological polar surface area (TPSA) is 116 Å². The Labute approximate surface area is 222 Å². The van der Waals surface area contributed by atoms with Gasteiger partial charge < -0.3 is 20.2 Å². The van der Waals surface area contributed by atoms with Crippen molar-refractivity contribution in [3.63, 3.8) is 0 Å². The lowest BCUT2D eigenvalue weighted by Gasteiger charge is -2.58. The molecule has 11 heteroatoms. The number of hydrogen-bond acceptors (Lipinski definition) is 8. The predicted molar refractivity (Wildman–Crippen MR) is 140 cm³/mol. The highest BCUT2D eigenvalue weighted by molar-refractivity contribution is 7.90. The maximum Gasteiger partial charge on any atom is 0.270 e. The van der Waals surface area contributed by atoms with Gasteiger partial charge in [0.15, 0.2) is 9.84 Å². The van der Waals surface area contributed by atoms with Crippen LogP contribution in [0.3, 0.4) is 0 Å². The monoisotopic (exact) mass is 543 g/mol. The number of aliphatic hydroxyl groups is 1. The van der Waals surface area contributed by atoms with Crippen LogP contribution in [0.15, 0.2) is 35.4 Å². The Bertz CT molecular complexity index is 1350. The fraction of sp³-hybridized carbons (Fsp3) is 0.593. The van der Waals surface area contributed by atoms with Crippen LogP contribution in [0.1, 0.15) is 49.5 Å². The highest BCUT2D eigenvalue weighted by atomic mass is 32.2. The number of aromatic nitrogens is 2. The Balaban J connectivity index is 1.12. The zero-order chi connectivity index (χ0) is 26.8. The molecule has 4 saturated carbocycles. The molecule has 1 aliphatic heterocycles. The molecule has 4 bridgehead atoms. The van der Waals surface area contributed by atoms with Crippen molar-refractivity contribution in [2.24, 2.45) is 17.8 Å². The molecule has 1 saturated heterocycles. The lowest BCUT2D eigenvalue weighted by Crippen LogP contribution is -2.61. The molecule has 9 nitrogen and oxygen atoms in total. The normalized spacial score (nSPS) is 32.5. The van der Waals surface area contributed by atoms with Gasteiger partial charge in [0.1, 0.15) is 16.4 Å². The minimum Gasteiger partial charge on any atom is -0.390 e. The number of benzene rings is 1. The molecule has 2 aromatic rings. The average molecular weight is 544 g/mol. The summed E-state index contributed by atoms with van der Waals surface area (Å²) in [6.07, 6.45) is 7.18. The summed E-state index contributed by atoms with van der Waals surface area (Å²) in [6, 6.07) is 5.90. The number of rotatable bonds is 5. The Morgan fingerprint density at radius 1 is 1.16 bits per heavy atom. The zero-order valence-corrected chi connectivity index (χ0v) is 22.5. The predicted octanol–water partition coefficient (Wildman–Crippen LogP) is 2.40. The first-order valence-electron chi connectivity index (χ1n) is 13.4. The van der Waals surface area contributed by atoms with Crippen molar-refractivity contribution < 1.29 is 22.7 Å². The molecule has 204 valence electrons. The van der Waals surface area contributed by atoms with Gasteiger partial charge in [-0.05, 0) is 81.0 Å². The second kappa shape index (κ2) is 9.15. The van der Waals surface area contributed by atoms with Crippen LogP contribution in [0.5, 0.6) is 0 Å². The first-order chi connectivity index (χ1) is 18.0. The maximum atomic E-state index is 14.5. The number of halogens is 1. The van der Waals surface area contributed by atoms with E-state index in [1.54, 1.807) is 18.3 Å². The van der Waals surface area contributed by atoms with E-state index in [1.165, 1.54) is 12.1 Å². The van der Waals surface area contributed by atoms with E-state index in [9.17, 15) is 22.7 Å². The van der Waals surface area contributed by atoms with Gasteiger partial charge in [0.25, 0.3) is 5.91 Å². The fourth-order valence-electron chi connectivity index (χ4n) is 7.53. The molecular weight excluding hydrogens is 509 g/mol. The van der Waals surface area contributed by atoms with Crippen LogP contribution in [0.2, 0.25) is 0 Å². The molecule has 3 atom stereocenters. The van der Waals surface area contributed by atoms with Crippen LogP contribution in [0.25, 0.3) is 0 Å². The van der Waals surface area contributed by atoms with E-state index in [1.807, 2.05) is 16.7 Å². The molecule has 1 aromatic heterocycles. The minimum absolute atomic E-state index is 0.0233. The summed E-state index contributed by atoms with van der Waals surface area (Å²) in [4.78, 5) is 26.0. The Morgan fingerprint density at radius 3 is 2.53 bits per heavy atom. The quantitative estimate of drug-likeness (QED) is 0.591. The smallest absolute Gasteiger partial charge is 0.270 e. The van der Waals surface area contributed by atoms with E-state index in [2.05, 4.69) is 15.3 Å². The van der Waals surface area contributed by atoms with Gasteiger partial charge in [-0.15, -0.1) is 0 Å². The Morgan fingerprint density at radius 2 is 1.89 bits per heavy atom. The number of amides is 1. The molecular formula is C27H34FN5O4S. The Hall–Kier alpha value is -2.79. The highest BCUT2D eigenvalue weighted by Gasteiger charge is 2.55. The lowest BCUT2D eigenvalue weighted by molar-refractivity contribution is -0.136. The molecule has 5 fully saturated rings. The number of carbonyl (C=O) groups excluding carboxylic acids is 1. The van der Waals surface area contributed by atoms with Crippen molar-refractivity contribution in [2.45, 2.75) is 61.6 Å². The lowest BCUT2D eigenvalue weighted by atomic mass is 9.52. The highest BCUT2D eigenvalue weighted by Crippen LogP contribution is 2.55. The van der Waals surface area contributed by atoms with E-state index in [0.717, 1.165) is 38.4 Å². The number of nitrogens with one attached hydrogen (secondary N) is 1. The second-order valence-electron chi connectivity index (χ2n) is 11.8. The van der Waals surface area contributed by atoms with Crippen LogP contribution < -0.4 is 15.1 Å². The molecule has 7 rings (SSSR count). The van der Waals surface area contributed by atoms with Crippen LogP contribution in [-0.4, -0.2) is 73.0 Å². The average Bonchev–Trinajstić information content (AvgIpc) is 2.84. The number of piperazine rings is 1. The van der Waals surface area contributed by atoms with Crippen LogP contribution in [-0.2, 0) is 9.84 Å². The number of carbonyl (C=O) groups is 1. The SMILES string of the molecule is CC1CN(c2ccc(S(C)(=O)=O)c(F)c2)CCN1c1nccc(C(=O)NC2C3CC4CC2CC(O)(C4)C3)n1. The number of anilines is 2. The molecule has 38 heavy (non-hydrogen) atoms. The van der Waals surface area contributed by atoms with Gasteiger partial charge in [0, 0.05) is 49.9 Å². The largest absolute Gasteiger partial charge is 0.390 e. The van der Waals surface area contributed by atoms with Crippen molar-refractivity contribution in [3.05, 3.63) is 42.0 Å². The van der Waals surface area contributed by atoms with Gasteiger partial charge in [-0.25, -0.2) is 22.8 Å². The molecule has 5 aliphatic rings. The third-order valence-corrected chi connectivity index (χ3v) is 10.1. The van der Waals surface area contributed by atoms with Crippen molar-refractivity contribution in [3.8, 4) is 0 Å². The van der Waals surface area contributed by atoms with Gasteiger partial charge in [0.2, 0.25) is 5.95 Å². The summed E-state index contributed by atoms with van der Waals surface area (Å²) in [5, 5.41) is 14.1.